The maximum atomic E-state index is 12.8. The minimum atomic E-state index is -0.348. The van der Waals surface area contributed by atoms with Crippen molar-refractivity contribution in [3.8, 4) is 0 Å². The minimum Gasteiger partial charge on any atom is -0.450 e. The number of amides is 1. The monoisotopic (exact) mass is 279 g/mol. The SMILES string of the molecule is CCOC(=O)N1CCC(C(=O)c2ccc(F)cc2)CC1. The maximum absolute atomic E-state index is 12.8. The van der Waals surface area contributed by atoms with Gasteiger partial charge in [-0.15, -0.1) is 0 Å². The van der Waals surface area contributed by atoms with E-state index in [0.717, 1.165) is 0 Å². The normalized spacial score (nSPS) is 16.0. The highest BCUT2D eigenvalue weighted by Gasteiger charge is 2.28. The topological polar surface area (TPSA) is 46.6 Å². The fourth-order valence-corrected chi connectivity index (χ4v) is 2.39. The van der Waals surface area contributed by atoms with E-state index in [1.54, 1.807) is 11.8 Å². The van der Waals surface area contributed by atoms with E-state index in [-0.39, 0.29) is 23.6 Å². The van der Waals surface area contributed by atoms with Crippen molar-refractivity contribution in [2.45, 2.75) is 19.8 Å². The Labute approximate surface area is 117 Å². The maximum Gasteiger partial charge on any atom is 0.409 e. The van der Waals surface area contributed by atoms with Crippen LogP contribution in [0.25, 0.3) is 0 Å². The van der Waals surface area contributed by atoms with E-state index in [1.165, 1.54) is 24.3 Å². The quantitative estimate of drug-likeness (QED) is 0.799. The van der Waals surface area contributed by atoms with Crippen LogP contribution in [0, 0.1) is 11.7 Å². The average Bonchev–Trinajstić information content (AvgIpc) is 2.48. The fourth-order valence-electron chi connectivity index (χ4n) is 2.39. The van der Waals surface area contributed by atoms with Crippen molar-refractivity contribution < 1.29 is 18.7 Å². The first kappa shape index (κ1) is 14.5. The number of carbonyl (C=O) groups is 2. The second-order valence-corrected chi connectivity index (χ2v) is 4.83. The summed E-state index contributed by atoms with van der Waals surface area (Å²) in [7, 11) is 0. The van der Waals surface area contributed by atoms with Crippen LogP contribution in [-0.4, -0.2) is 36.5 Å². The van der Waals surface area contributed by atoms with Gasteiger partial charge in [-0.3, -0.25) is 4.79 Å². The number of ether oxygens (including phenoxy) is 1. The molecule has 108 valence electrons. The zero-order valence-electron chi connectivity index (χ0n) is 11.5. The zero-order valence-corrected chi connectivity index (χ0v) is 11.5. The summed E-state index contributed by atoms with van der Waals surface area (Å²) in [5, 5.41) is 0. The number of hydrogen-bond donors (Lipinski definition) is 0. The summed E-state index contributed by atoms with van der Waals surface area (Å²) in [6.45, 7) is 3.17. The second-order valence-electron chi connectivity index (χ2n) is 4.83. The molecule has 0 atom stereocenters. The molecule has 1 aromatic rings. The van der Waals surface area contributed by atoms with E-state index in [1.807, 2.05) is 0 Å². The Morgan fingerprint density at radius 1 is 1.25 bits per heavy atom. The molecular formula is C15H18FNO3. The number of ketones is 1. The van der Waals surface area contributed by atoms with Crippen LogP contribution in [0.15, 0.2) is 24.3 Å². The highest BCUT2D eigenvalue weighted by Crippen LogP contribution is 2.22. The number of Topliss-reactive ketones (excluding diaryl/α,β-unsaturated/α-hetero) is 1. The third-order valence-corrected chi connectivity index (χ3v) is 3.52. The lowest BCUT2D eigenvalue weighted by atomic mass is 9.89. The molecule has 1 aromatic carbocycles. The number of carbonyl (C=O) groups excluding carboxylic acids is 2. The van der Waals surface area contributed by atoms with Crippen LogP contribution < -0.4 is 0 Å². The molecule has 0 aliphatic carbocycles. The third-order valence-electron chi connectivity index (χ3n) is 3.52. The molecule has 0 aromatic heterocycles. The highest BCUT2D eigenvalue weighted by molar-refractivity contribution is 5.97. The summed E-state index contributed by atoms with van der Waals surface area (Å²) < 4.78 is 17.8. The smallest absolute Gasteiger partial charge is 0.409 e. The molecule has 5 heteroatoms. The standard InChI is InChI=1S/C15H18FNO3/c1-2-20-15(19)17-9-7-12(8-10-17)14(18)11-3-5-13(16)6-4-11/h3-6,12H,2,7-10H2,1H3. The van der Waals surface area contributed by atoms with Crippen molar-refractivity contribution in [1.29, 1.82) is 0 Å². The predicted octanol–water partition coefficient (Wildman–Crippen LogP) is 2.88. The van der Waals surface area contributed by atoms with Crippen molar-refractivity contribution in [3.05, 3.63) is 35.6 Å². The lowest BCUT2D eigenvalue weighted by molar-refractivity contribution is 0.0753. The van der Waals surface area contributed by atoms with Gasteiger partial charge in [0.05, 0.1) is 6.61 Å². The first-order chi connectivity index (χ1) is 9.61. The molecule has 0 spiro atoms. The van der Waals surface area contributed by atoms with Crippen LogP contribution in [0.1, 0.15) is 30.1 Å². The highest BCUT2D eigenvalue weighted by atomic mass is 19.1. The Hall–Kier alpha value is -1.91. The van der Waals surface area contributed by atoms with Crippen LogP contribution in [0.2, 0.25) is 0 Å². The van der Waals surface area contributed by atoms with Crippen LogP contribution in [0.5, 0.6) is 0 Å². The van der Waals surface area contributed by atoms with Gasteiger partial charge in [0.1, 0.15) is 5.82 Å². The van der Waals surface area contributed by atoms with Gasteiger partial charge in [-0.2, -0.15) is 0 Å². The first-order valence-electron chi connectivity index (χ1n) is 6.83. The number of hydrogen-bond acceptors (Lipinski definition) is 3. The van der Waals surface area contributed by atoms with Crippen molar-refractivity contribution >= 4 is 11.9 Å². The molecule has 1 aliphatic rings. The summed E-state index contributed by atoms with van der Waals surface area (Å²) in [6, 6.07) is 5.60. The van der Waals surface area contributed by atoms with Crippen molar-refractivity contribution in [2.24, 2.45) is 5.92 Å². The minimum absolute atomic E-state index is 0.0218. The summed E-state index contributed by atoms with van der Waals surface area (Å²) >= 11 is 0. The van der Waals surface area contributed by atoms with Crippen LogP contribution >= 0.6 is 0 Å². The summed E-state index contributed by atoms with van der Waals surface area (Å²) in [4.78, 5) is 25.4. The fraction of sp³-hybridized carbons (Fsp3) is 0.467. The molecule has 20 heavy (non-hydrogen) atoms. The molecule has 0 unspecified atom stereocenters. The lowest BCUT2D eigenvalue weighted by Crippen LogP contribution is -2.40. The van der Waals surface area contributed by atoms with Crippen molar-refractivity contribution in [3.63, 3.8) is 0 Å². The summed E-state index contributed by atoms with van der Waals surface area (Å²) in [6.07, 6.45) is 0.921. The molecule has 1 amide bonds. The Balaban J connectivity index is 1.92. The lowest BCUT2D eigenvalue weighted by Gasteiger charge is -2.30. The van der Waals surface area contributed by atoms with Crippen LogP contribution in [0.3, 0.4) is 0 Å². The van der Waals surface area contributed by atoms with E-state index in [0.29, 0.717) is 38.1 Å². The number of nitrogens with zero attached hydrogens (tertiary/aromatic N) is 1. The third kappa shape index (κ3) is 3.35. The second kappa shape index (κ2) is 6.50. The average molecular weight is 279 g/mol. The number of rotatable bonds is 3. The summed E-state index contributed by atoms with van der Waals surface area (Å²) in [5.74, 6) is -0.432. The van der Waals surface area contributed by atoms with Gasteiger partial charge in [0.2, 0.25) is 0 Å². The summed E-state index contributed by atoms with van der Waals surface area (Å²) in [5.41, 5.74) is 0.529. The van der Waals surface area contributed by atoms with Crippen LogP contribution in [-0.2, 0) is 4.74 Å². The molecule has 1 saturated heterocycles. The zero-order chi connectivity index (χ0) is 14.5. The van der Waals surface area contributed by atoms with E-state index in [2.05, 4.69) is 0 Å². The number of halogens is 1. The predicted molar refractivity (Wildman–Crippen MR) is 72.0 cm³/mol. The van der Waals surface area contributed by atoms with E-state index < -0.39 is 0 Å². The number of piperidine rings is 1. The molecule has 4 nitrogen and oxygen atoms in total. The van der Waals surface area contributed by atoms with Gasteiger partial charge < -0.3 is 9.64 Å². The number of likely N-dealkylation sites (tertiary alicyclic amines) is 1. The van der Waals surface area contributed by atoms with Gasteiger partial charge in [0.25, 0.3) is 0 Å². The van der Waals surface area contributed by atoms with Gasteiger partial charge in [-0.05, 0) is 44.0 Å². The largest absolute Gasteiger partial charge is 0.450 e. The van der Waals surface area contributed by atoms with E-state index in [4.69, 9.17) is 4.74 Å². The Bertz CT molecular complexity index is 478. The van der Waals surface area contributed by atoms with E-state index >= 15 is 0 Å². The van der Waals surface area contributed by atoms with Gasteiger partial charge in [0, 0.05) is 24.6 Å². The molecule has 0 radical (unpaired) electrons. The first-order valence-corrected chi connectivity index (χ1v) is 6.83. The molecule has 0 N–H and O–H groups in total. The van der Waals surface area contributed by atoms with Gasteiger partial charge >= 0.3 is 6.09 Å². The van der Waals surface area contributed by atoms with Gasteiger partial charge in [0.15, 0.2) is 5.78 Å². The molecule has 0 saturated carbocycles. The van der Waals surface area contributed by atoms with Crippen molar-refractivity contribution in [1.82, 2.24) is 4.90 Å². The van der Waals surface area contributed by atoms with Crippen molar-refractivity contribution in [2.75, 3.05) is 19.7 Å². The molecule has 1 heterocycles. The Kier molecular flexibility index (Phi) is 4.71. The molecule has 0 bridgehead atoms. The molecule has 1 fully saturated rings. The van der Waals surface area contributed by atoms with Gasteiger partial charge in [-0.1, -0.05) is 0 Å². The van der Waals surface area contributed by atoms with Crippen LogP contribution in [0.4, 0.5) is 9.18 Å². The molecule has 2 rings (SSSR count). The molecule has 1 aliphatic heterocycles. The Morgan fingerprint density at radius 2 is 1.85 bits per heavy atom. The molecular weight excluding hydrogens is 261 g/mol. The number of benzene rings is 1. The van der Waals surface area contributed by atoms with E-state index in [9.17, 15) is 14.0 Å². The Morgan fingerprint density at radius 3 is 2.40 bits per heavy atom. The van der Waals surface area contributed by atoms with Gasteiger partial charge in [-0.25, -0.2) is 9.18 Å².